The van der Waals surface area contributed by atoms with Crippen LogP contribution in [0.15, 0.2) is 54.9 Å². The summed E-state index contributed by atoms with van der Waals surface area (Å²) in [5, 5.41) is 1.11. The van der Waals surface area contributed by atoms with Gasteiger partial charge in [0.2, 0.25) is 0 Å². The second kappa shape index (κ2) is 7.74. The molecule has 138 valence electrons. The monoisotopic (exact) mass is 361 g/mol. The molecule has 5 nitrogen and oxygen atoms in total. The van der Waals surface area contributed by atoms with Crippen molar-refractivity contribution in [3.8, 4) is 11.1 Å². The quantitative estimate of drug-likeness (QED) is 0.656. The molecule has 3 aromatic rings. The molecule has 2 aromatic heterocycles. The van der Waals surface area contributed by atoms with E-state index in [1.54, 1.807) is 6.20 Å². The highest BCUT2D eigenvalue weighted by Gasteiger charge is 2.26. The normalized spacial score (nSPS) is 15.1. The van der Waals surface area contributed by atoms with Crippen molar-refractivity contribution in [3.05, 3.63) is 54.9 Å². The number of aromatic nitrogens is 2. The van der Waals surface area contributed by atoms with Gasteiger partial charge >= 0.3 is 5.97 Å². The highest BCUT2D eigenvalue weighted by molar-refractivity contribution is 5.85. The van der Waals surface area contributed by atoms with E-state index < -0.39 is 0 Å². The molecule has 0 bridgehead atoms. The zero-order valence-corrected chi connectivity index (χ0v) is 15.5. The molecule has 1 aromatic carbocycles. The summed E-state index contributed by atoms with van der Waals surface area (Å²) in [6, 6.07) is 14.5. The van der Waals surface area contributed by atoms with Gasteiger partial charge in [0.1, 0.15) is 5.82 Å². The number of piperidine rings is 1. The number of nitrogens with zero attached hydrogens (tertiary/aromatic N) is 3. The first kappa shape index (κ1) is 17.5. The van der Waals surface area contributed by atoms with E-state index in [2.05, 4.69) is 46.3 Å². The minimum absolute atomic E-state index is 0.0173. The van der Waals surface area contributed by atoms with Gasteiger partial charge in [-0.05, 0) is 55.7 Å². The van der Waals surface area contributed by atoms with Crippen LogP contribution in [0.4, 0.5) is 5.82 Å². The Labute approximate surface area is 159 Å². The van der Waals surface area contributed by atoms with Crippen molar-refractivity contribution in [1.82, 2.24) is 9.97 Å². The molecule has 0 amide bonds. The summed E-state index contributed by atoms with van der Waals surface area (Å²) in [6.07, 6.45) is 5.29. The van der Waals surface area contributed by atoms with E-state index >= 15 is 0 Å². The molecular formula is C22H23N3O2. The van der Waals surface area contributed by atoms with E-state index in [4.69, 9.17) is 9.72 Å². The summed E-state index contributed by atoms with van der Waals surface area (Å²) >= 11 is 0. The lowest BCUT2D eigenvalue weighted by atomic mass is 9.97. The average molecular weight is 361 g/mol. The molecular weight excluding hydrogens is 338 g/mol. The van der Waals surface area contributed by atoms with Crippen molar-refractivity contribution >= 4 is 22.7 Å². The van der Waals surface area contributed by atoms with Crippen LogP contribution < -0.4 is 4.90 Å². The summed E-state index contributed by atoms with van der Waals surface area (Å²) in [4.78, 5) is 23.2. The molecule has 0 unspecified atom stereocenters. The lowest BCUT2D eigenvalue weighted by molar-refractivity contribution is -0.148. The highest BCUT2D eigenvalue weighted by Crippen LogP contribution is 2.27. The van der Waals surface area contributed by atoms with Crippen LogP contribution >= 0.6 is 0 Å². The summed E-state index contributed by atoms with van der Waals surface area (Å²) in [5.41, 5.74) is 3.22. The summed E-state index contributed by atoms with van der Waals surface area (Å²) in [6.45, 7) is 3.96. The van der Waals surface area contributed by atoms with Crippen molar-refractivity contribution in [2.24, 2.45) is 5.92 Å². The number of ether oxygens (including phenoxy) is 1. The Morgan fingerprint density at radius 3 is 2.74 bits per heavy atom. The van der Waals surface area contributed by atoms with Gasteiger partial charge in [0, 0.05) is 36.4 Å². The summed E-state index contributed by atoms with van der Waals surface area (Å²) in [5.74, 6) is 0.925. The largest absolute Gasteiger partial charge is 0.466 e. The van der Waals surface area contributed by atoms with Crippen LogP contribution in [-0.4, -0.2) is 35.6 Å². The van der Waals surface area contributed by atoms with Gasteiger partial charge in [-0.3, -0.25) is 9.78 Å². The van der Waals surface area contributed by atoms with Crippen molar-refractivity contribution < 1.29 is 9.53 Å². The number of anilines is 1. The second-order valence-electron chi connectivity index (χ2n) is 6.83. The van der Waals surface area contributed by atoms with E-state index in [0.29, 0.717) is 6.61 Å². The molecule has 1 fully saturated rings. The molecule has 0 saturated carbocycles. The van der Waals surface area contributed by atoms with Crippen molar-refractivity contribution in [2.75, 3.05) is 24.6 Å². The molecule has 1 saturated heterocycles. The van der Waals surface area contributed by atoms with Crippen molar-refractivity contribution in [3.63, 3.8) is 0 Å². The molecule has 3 heterocycles. The van der Waals surface area contributed by atoms with Crippen LogP contribution in [0.5, 0.6) is 0 Å². The van der Waals surface area contributed by atoms with Gasteiger partial charge in [-0.1, -0.05) is 12.1 Å². The fraction of sp³-hybridized carbons (Fsp3) is 0.318. The van der Waals surface area contributed by atoms with Gasteiger partial charge < -0.3 is 9.64 Å². The lowest BCUT2D eigenvalue weighted by Gasteiger charge is -2.31. The van der Waals surface area contributed by atoms with E-state index in [0.717, 1.165) is 53.8 Å². The predicted molar refractivity (Wildman–Crippen MR) is 107 cm³/mol. The number of rotatable bonds is 4. The summed E-state index contributed by atoms with van der Waals surface area (Å²) < 4.78 is 5.15. The number of carbonyl (C=O) groups excluding carboxylic acids is 1. The van der Waals surface area contributed by atoms with Crippen LogP contribution in [0.1, 0.15) is 19.8 Å². The van der Waals surface area contributed by atoms with Crippen molar-refractivity contribution in [1.29, 1.82) is 0 Å². The number of carbonyl (C=O) groups is 1. The summed E-state index contributed by atoms with van der Waals surface area (Å²) in [7, 11) is 0. The number of hydrogen-bond donors (Lipinski definition) is 0. The molecule has 0 N–H and O–H groups in total. The van der Waals surface area contributed by atoms with E-state index in [9.17, 15) is 4.79 Å². The molecule has 0 spiro atoms. The van der Waals surface area contributed by atoms with Gasteiger partial charge in [0.25, 0.3) is 0 Å². The van der Waals surface area contributed by atoms with Crippen LogP contribution in [0, 0.1) is 5.92 Å². The molecule has 0 radical (unpaired) electrons. The minimum atomic E-state index is -0.0634. The fourth-order valence-corrected chi connectivity index (χ4v) is 3.61. The smallest absolute Gasteiger partial charge is 0.309 e. The fourth-order valence-electron chi connectivity index (χ4n) is 3.61. The maximum atomic E-state index is 11.9. The molecule has 27 heavy (non-hydrogen) atoms. The molecule has 4 rings (SSSR count). The van der Waals surface area contributed by atoms with Gasteiger partial charge in [-0.25, -0.2) is 4.98 Å². The Balaban J connectivity index is 1.50. The topological polar surface area (TPSA) is 55.3 Å². The Hall–Kier alpha value is -2.95. The lowest BCUT2D eigenvalue weighted by Crippen LogP contribution is -2.37. The number of pyridine rings is 2. The standard InChI is InChI=1S/C22H23N3O2/c1-2-27-22(26)16-9-12-25(13-10-16)21-8-6-18-14-17(5-7-20(18)24-21)19-4-3-11-23-15-19/h3-8,11,14-16H,2,9-10,12-13H2,1H3. The minimum Gasteiger partial charge on any atom is -0.466 e. The zero-order chi connectivity index (χ0) is 18.6. The average Bonchev–Trinajstić information content (AvgIpc) is 2.74. The first-order chi connectivity index (χ1) is 13.2. The molecule has 0 atom stereocenters. The third-order valence-corrected chi connectivity index (χ3v) is 5.11. The SMILES string of the molecule is CCOC(=O)C1CCN(c2ccc3cc(-c4cccnc4)ccc3n2)CC1. The van der Waals surface area contributed by atoms with Crippen molar-refractivity contribution in [2.45, 2.75) is 19.8 Å². The third kappa shape index (κ3) is 3.77. The number of benzene rings is 1. The molecule has 0 aliphatic carbocycles. The molecule has 1 aliphatic rings. The van der Waals surface area contributed by atoms with E-state index in [-0.39, 0.29) is 11.9 Å². The van der Waals surface area contributed by atoms with Gasteiger partial charge in [0.05, 0.1) is 18.0 Å². The third-order valence-electron chi connectivity index (χ3n) is 5.11. The zero-order valence-electron chi connectivity index (χ0n) is 15.5. The van der Waals surface area contributed by atoms with Crippen LogP contribution in [-0.2, 0) is 9.53 Å². The first-order valence-corrected chi connectivity index (χ1v) is 9.47. The Morgan fingerprint density at radius 1 is 1.15 bits per heavy atom. The van der Waals surface area contributed by atoms with Gasteiger partial charge in [0.15, 0.2) is 0 Å². The predicted octanol–water partition coefficient (Wildman–Crippen LogP) is 4.08. The number of fused-ring (bicyclic) bond motifs is 1. The Bertz CT molecular complexity index is 935. The van der Waals surface area contributed by atoms with Gasteiger partial charge in [-0.15, -0.1) is 0 Å². The molecule has 5 heteroatoms. The van der Waals surface area contributed by atoms with Crippen LogP contribution in [0.3, 0.4) is 0 Å². The van der Waals surface area contributed by atoms with E-state index in [1.165, 1.54) is 0 Å². The Kier molecular flexibility index (Phi) is 5.01. The van der Waals surface area contributed by atoms with Crippen LogP contribution in [0.25, 0.3) is 22.0 Å². The molecule has 1 aliphatic heterocycles. The Morgan fingerprint density at radius 2 is 2.00 bits per heavy atom. The van der Waals surface area contributed by atoms with E-state index in [1.807, 2.05) is 19.2 Å². The van der Waals surface area contributed by atoms with Gasteiger partial charge in [-0.2, -0.15) is 0 Å². The maximum Gasteiger partial charge on any atom is 0.309 e. The second-order valence-corrected chi connectivity index (χ2v) is 6.83. The number of hydrogen-bond acceptors (Lipinski definition) is 5. The maximum absolute atomic E-state index is 11.9. The highest BCUT2D eigenvalue weighted by atomic mass is 16.5. The van der Waals surface area contributed by atoms with Crippen LogP contribution in [0.2, 0.25) is 0 Å². The first-order valence-electron chi connectivity index (χ1n) is 9.47. The number of esters is 1.